The Bertz CT molecular complexity index is 429. The molecule has 21 heavy (non-hydrogen) atoms. The summed E-state index contributed by atoms with van der Waals surface area (Å²) in [7, 11) is 0. The van der Waals surface area contributed by atoms with E-state index in [9.17, 15) is 0 Å². The van der Waals surface area contributed by atoms with Crippen LogP contribution in [0.25, 0.3) is 0 Å². The molecule has 3 aliphatic rings. The van der Waals surface area contributed by atoms with Gasteiger partial charge in [0.15, 0.2) is 5.13 Å². The van der Waals surface area contributed by atoms with Crippen LogP contribution in [0, 0.1) is 5.92 Å². The molecule has 3 aliphatic heterocycles. The second kappa shape index (κ2) is 6.23. The van der Waals surface area contributed by atoms with E-state index in [0.29, 0.717) is 0 Å². The summed E-state index contributed by atoms with van der Waals surface area (Å²) in [6.07, 6.45) is 9.02. The average Bonchev–Trinajstić information content (AvgIpc) is 3.16. The Hall–Kier alpha value is -0.650. The Balaban J connectivity index is 1.21. The largest absolute Gasteiger partial charge is 0.346 e. The molecule has 0 aliphatic carbocycles. The van der Waals surface area contributed by atoms with Crippen LogP contribution >= 0.6 is 11.3 Å². The fraction of sp³-hybridized carbons (Fsp3) is 0.812. The molecule has 2 bridgehead atoms. The standard InChI is InChI=1S/C16H26N4S/c1-2-15-12-13(11-14(1)18-15)3-5-19-6-8-20(9-7-19)16-17-4-10-21-16/h4,10,13-15,18H,1-3,5-9,11-12H2. The molecular weight excluding hydrogens is 280 g/mol. The van der Waals surface area contributed by atoms with Crippen molar-refractivity contribution >= 4 is 16.5 Å². The van der Waals surface area contributed by atoms with E-state index in [2.05, 4.69) is 25.5 Å². The summed E-state index contributed by atoms with van der Waals surface area (Å²) in [5, 5.41) is 7.03. The molecule has 2 unspecified atom stereocenters. The van der Waals surface area contributed by atoms with Crippen LogP contribution in [0.4, 0.5) is 5.13 Å². The number of hydrogen-bond donors (Lipinski definition) is 1. The maximum Gasteiger partial charge on any atom is 0.185 e. The molecule has 1 aromatic rings. The van der Waals surface area contributed by atoms with E-state index in [1.54, 1.807) is 11.3 Å². The molecule has 4 rings (SSSR count). The fourth-order valence-corrected chi connectivity index (χ4v) is 5.01. The van der Waals surface area contributed by atoms with Gasteiger partial charge in [-0.15, -0.1) is 11.3 Å². The first kappa shape index (κ1) is 14.0. The molecule has 0 saturated carbocycles. The molecule has 0 radical (unpaired) electrons. The van der Waals surface area contributed by atoms with Crippen LogP contribution < -0.4 is 10.2 Å². The Morgan fingerprint density at radius 1 is 1.14 bits per heavy atom. The van der Waals surface area contributed by atoms with Crippen LogP contribution in [0.1, 0.15) is 32.1 Å². The molecule has 1 N–H and O–H groups in total. The van der Waals surface area contributed by atoms with Gasteiger partial charge in [-0.25, -0.2) is 4.98 Å². The molecule has 3 fully saturated rings. The molecule has 3 saturated heterocycles. The van der Waals surface area contributed by atoms with Gasteiger partial charge in [0.2, 0.25) is 0 Å². The summed E-state index contributed by atoms with van der Waals surface area (Å²) in [5.74, 6) is 0.973. The minimum atomic E-state index is 0.843. The second-order valence-electron chi connectivity index (χ2n) is 6.91. The molecule has 0 spiro atoms. The lowest BCUT2D eigenvalue weighted by Gasteiger charge is -2.36. The number of aromatic nitrogens is 1. The smallest absolute Gasteiger partial charge is 0.185 e. The van der Waals surface area contributed by atoms with E-state index in [1.165, 1.54) is 56.9 Å². The van der Waals surface area contributed by atoms with Crippen LogP contribution in [0.3, 0.4) is 0 Å². The zero-order valence-electron chi connectivity index (χ0n) is 12.7. The van der Waals surface area contributed by atoms with Crippen molar-refractivity contribution < 1.29 is 0 Å². The molecule has 2 atom stereocenters. The Labute approximate surface area is 131 Å². The third kappa shape index (κ3) is 3.25. The van der Waals surface area contributed by atoms with Crippen molar-refractivity contribution in [3.05, 3.63) is 11.6 Å². The van der Waals surface area contributed by atoms with Gasteiger partial charge in [-0.05, 0) is 44.6 Å². The maximum absolute atomic E-state index is 4.43. The van der Waals surface area contributed by atoms with Gasteiger partial charge in [0.25, 0.3) is 0 Å². The summed E-state index contributed by atoms with van der Waals surface area (Å²) in [6.45, 7) is 6.00. The highest BCUT2D eigenvalue weighted by atomic mass is 32.1. The number of thiazole rings is 1. The van der Waals surface area contributed by atoms with Crippen molar-refractivity contribution in [2.75, 3.05) is 37.6 Å². The molecule has 1 aromatic heterocycles. The van der Waals surface area contributed by atoms with Gasteiger partial charge in [0.05, 0.1) is 0 Å². The highest BCUT2D eigenvalue weighted by Crippen LogP contribution is 2.32. The molecule has 5 heteroatoms. The summed E-state index contributed by atoms with van der Waals surface area (Å²) >= 11 is 1.76. The first-order valence-electron chi connectivity index (χ1n) is 8.49. The molecule has 4 nitrogen and oxygen atoms in total. The number of nitrogens with zero attached hydrogens (tertiary/aromatic N) is 3. The van der Waals surface area contributed by atoms with Crippen LogP contribution in [0.15, 0.2) is 11.6 Å². The zero-order valence-corrected chi connectivity index (χ0v) is 13.5. The van der Waals surface area contributed by atoms with Crippen molar-refractivity contribution in [1.82, 2.24) is 15.2 Å². The number of piperidine rings is 1. The summed E-state index contributed by atoms with van der Waals surface area (Å²) < 4.78 is 0. The predicted octanol–water partition coefficient (Wildman–Crippen LogP) is 2.19. The van der Waals surface area contributed by atoms with Gasteiger partial charge >= 0.3 is 0 Å². The minimum absolute atomic E-state index is 0.843. The lowest BCUT2D eigenvalue weighted by atomic mass is 9.89. The number of anilines is 1. The molecule has 4 heterocycles. The van der Waals surface area contributed by atoms with E-state index < -0.39 is 0 Å². The lowest BCUT2D eigenvalue weighted by Crippen LogP contribution is -2.47. The lowest BCUT2D eigenvalue weighted by molar-refractivity contribution is 0.210. The first-order chi connectivity index (χ1) is 10.4. The number of hydrogen-bond acceptors (Lipinski definition) is 5. The summed E-state index contributed by atoms with van der Waals surface area (Å²) in [4.78, 5) is 9.52. The van der Waals surface area contributed by atoms with E-state index in [4.69, 9.17) is 0 Å². The number of piperazine rings is 1. The van der Waals surface area contributed by atoms with E-state index in [-0.39, 0.29) is 0 Å². The predicted molar refractivity (Wildman–Crippen MR) is 88.1 cm³/mol. The fourth-order valence-electron chi connectivity index (χ4n) is 4.31. The van der Waals surface area contributed by atoms with Crippen molar-refractivity contribution in [3.8, 4) is 0 Å². The second-order valence-corrected chi connectivity index (χ2v) is 7.78. The van der Waals surface area contributed by atoms with E-state index >= 15 is 0 Å². The number of nitrogens with one attached hydrogen (secondary N) is 1. The molecule has 116 valence electrons. The summed E-state index contributed by atoms with van der Waals surface area (Å²) in [6, 6.07) is 1.69. The van der Waals surface area contributed by atoms with Gasteiger partial charge < -0.3 is 10.2 Å². The Morgan fingerprint density at radius 2 is 1.90 bits per heavy atom. The normalized spacial score (nSPS) is 33.5. The van der Waals surface area contributed by atoms with Crippen molar-refractivity contribution in [2.45, 2.75) is 44.2 Å². The van der Waals surface area contributed by atoms with Gasteiger partial charge in [-0.3, -0.25) is 4.90 Å². The van der Waals surface area contributed by atoms with Crippen LogP contribution in [0.2, 0.25) is 0 Å². The van der Waals surface area contributed by atoms with Crippen molar-refractivity contribution in [3.63, 3.8) is 0 Å². The molecular formula is C16H26N4S. The molecule has 0 amide bonds. The summed E-state index contributed by atoms with van der Waals surface area (Å²) in [5.41, 5.74) is 0. The van der Waals surface area contributed by atoms with Gasteiger partial charge in [-0.1, -0.05) is 0 Å². The van der Waals surface area contributed by atoms with Crippen LogP contribution in [-0.4, -0.2) is 54.7 Å². The van der Waals surface area contributed by atoms with Gasteiger partial charge in [-0.2, -0.15) is 0 Å². The Kier molecular flexibility index (Phi) is 4.14. The number of fused-ring (bicyclic) bond motifs is 2. The minimum Gasteiger partial charge on any atom is -0.346 e. The van der Waals surface area contributed by atoms with Crippen molar-refractivity contribution in [2.24, 2.45) is 5.92 Å². The third-order valence-corrected chi connectivity index (χ3v) is 6.32. The SMILES string of the molecule is c1csc(N2CCN(CCC3CC4CCC(C3)N4)CC2)n1. The topological polar surface area (TPSA) is 31.4 Å². The average molecular weight is 306 g/mol. The third-order valence-electron chi connectivity index (χ3n) is 5.49. The van der Waals surface area contributed by atoms with Crippen molar-refractivity contribution in [1.29, 1.82) is 0 Å². The first-order valence-corrected chi connectivity index (χ1v) is 9.37. The van der Waals surface area contributed by atoms with Crippen LogP contribution in [0.5, 0.6) is 0 Å². The van der Waals surface area contributed by atoms with E-state index in [1.807, 2.05) is 6.20 Å². The van der Waals surface area contributed by atoms with E-state index in [0.717, 1.165) is 31.1 Å². The number of rotatable bonds is 4. The highest BCUT2D eigenvalue weighted by Gasteiger charge is 2.33. The Morgan fingerprint density at radius 3 is 2.57 bits per heavy atom. The monoisotopic (exact) mass is 306 g/mol. The quantitative estimate of drug-likeness (QED) is 0.924. The van der Waals surface area contributed by atoms with Gasteiger partial charge in [0, 0.05) is 49.8 Å². The zero-order chi connectivity index (χ0) is 14.1. The molecule has 0 aromatic carbocycles. The maximum atomic E-state index is 4.43. The highest BCUT2D eigenvalue weighted by molar-refractivity contribution is 7.13. The van der Waals surface area contributed by atoms with Crippen LogP contribution in [-0.2, 0) is 0 Å². The van der Waals surface area contributed by atoms with Gasteiger partial charge in [0.1, 0.15) is 0 Å².